The van der Waals surface area contributed by atoms with Gasteiger partial charge >= 0.3 is 6.18 Å². The molecular weight excluding hydrogens is 353 g/mol. The maximum absolute atomic E-state index is 12.4. The molecule has 0 aliphatic heterocycles. The number of hydrogen-bond acceptors (Lipinski definition) is 6. The van der Waals surface area contributed by atoms with E-state index in [1.165, 1.54) is 25.3 Å². The van der Waals surface area contributed by atoms with Crippen molar-refractivity contribution in [3.05, 3.63) is 48.0 Å². The number of anilines is 1. The molecule has 1 aromatic heterocycles. The van der Waals surface area contributed by atoms with Gasteiger partial charge in [-0.15, -0.1) is 0 Å². The molecule has 1 N–H and O–H groups in total. The van der Waals surface area contributed by atoms with E-state index in [0.717, 1.165) is 0 Å². The van der Waals surface area contributed by atoms with Gasteiger partial charge in [-0.3, -0.25) is 9.59 Å². The lowest BCUT2D eigenvalue weighted by Gasteiger charge is -2.11. The first-order valence-corrected chi connectivity index (χ1v) is 7.04. The largest absolute Gasteiger partial charge is 0.497 e. The monoisotopic (exact) mass is 364 g/mol. The lowest BCUT2D eigenvalue weighted by molar-refractivity contribution is -0.145. The highest BCUT2D eigenvalue weighted by Crippen LogP contribution is 2.25. The molecule has 0 unspecified atom stereocenters. The van der Waals surface area contributed by atoms with Crippen LogP contribution in [0.2, 0.25) is 0 Å². The van der Waals surface area contributed by atoms with E-state index in [1.54, 1.807) is 12.1 Å². The number of ketones is 1. The smallest absolute Gasteiger partial charge is 0.451 e. The molecule has 0 saturated heterocycles. The molecule has 1 aromatic carbocycles. The van der Waals surface area contributed by atoms with Gasteiger partial charge in [-0.05, 0) is 12.1 Å². The SMILES string of the molecule is COc1cccc(NC(=O)[C@H](C#N)C(=O)c2cnc(C(F)(F)F)nc2)c1. The van der Waals surface area contributed by atoms with E-state index < -0.39 is 29.6 Å². The summed E-state index contributed by atoms with van der Waals surface area (Å²) in [6.45, 7) is 0. The average Bonchev–Trinajstić information content (AvgIpc) is 2.61. The van der Waals surface area contributed by atoms with Crippen molar-refractivity contribution in [2.75, 3.05) is 12.4 Å². The molecule has 0 saturated carbocycles. The van der Waals surface area contributed by atoms with E-state index in [4.69, 9.17) is 10.00 Å². The van der Waals surface area contributed by atoms with Gasteiger partial charge in [-0.1, -0.05) is 6.07 Å². The van der Waals surface area contributed by atoms with Gasteiger partial charge in [0.1, 0.15) is 5.75 Å². The predicted octanol–water partition coefficient (Wildman–Crippen LogP) is 2.47. The Morgan fingerprint density at radius 1 is 1.27 bits per heavy atom. The Morgan fingerprint density at radius 2 is 1.92 bits per heavy atom. The number of benzene rings is 1. The van der Waals surface area contributed by atoms with Crippen LogP contribution in [-0.2, 0) is 11.0 Å². The number of nitrogens with zero attached hydrogens (tertiary/aromatic N) is 3. The van der Waals surface area contributed by atoms with Crippen LogP contribution < -0.4 is 10.1 Å². The van der Waals surface area contributed by atoms with Gasteiger partial charge in [0.25, 0.3) is 0 Å². The maximum atomic E-state index is 12.4. The fourth-order valence-corrected chi connectivity index (χ4v) is 1.92. The molecule has 10 heteroatoms. The summed E-state index contributed by atoms with van der Waals surface area (Å²) in [4.78, 5) is 30.5. The fourth-order valence-electron chi connectivity index (χ4n) is 1.92. The van der Waals surface area contributed by atoms with Gasteiger partial charge < -0.3 is 10.1 Å². The Kier molecular flexibility index (Phi) is 5.51. The average molecular weight is 364 g/mol. The van der Waals surface area contributed by atoms with Gasteiger partial charge in [-0.2, -0.15) is 18.4 Å². The normalized spacial score (nSPS) is 12.0. The van der Waals surface area contributed by atoms with Crippen LogP contribution in [0.3, 0.4) is 0 Å². The quantitative estimate of drug-likeness (QED) is 0.645. The summed E-state index contributed by atoms with van der Waals surface area (Å²) >= 11 is 0. The molecule has 0 aliphatic rings. The highest BCUT2D eigenvalue weighted by molar-refractivity contribution is 6.15. The van der Waals surface area contributed by atoms with Crippen LogP contribution in [0.25, 0.3) is 0 Å². The Labute approximate surface area is 145 Å². The van der Waals surface area contributed by atoms with Crippen LogP contribution in [0, 0.1) is 17.2 Å². The zero-order valence-corrected chi connectivity index (χ0v) is 13.2. The molecule has 1 heterocycles. The summed E-state index contributed by atoms with van der Waals surface area (Å²) in [5.41, 5.74) is -0.101. The van der Waals surface area contributed by atoms with Gasteiger partial charge in [0.2, 0.25) is 11.7 Å². The van der Waals surface area contributed by atoms with Crippen LogP contribution in [0.1, 0.15) is 16.2 Å². The van der Waals surface area contributed by atoms with Crippen molar-refractivity contribution in [1.29, 1.82) is 5.26 Å². The Balaban J connectivity index is 2.17. The number of amides is 1. The molecule has 134 valence electrons. The standard InChI is InChI=1S/C16H11F3N4O3/c1-26-11-4-2-3-10(5-11)23-14(25)12(6-20)13(24)9-7-21-15(22-8-9)16(17,18)19/h2-5,7-8,12H,1H3,(H,23,25)/t12-/m1/s1. The topological polar surface area (TPSA) is 105 Å². The third-order valence-corrected chi connectivity index (χ3v) is 3.18. The molecule has 0 bridgehead atoms. The Morgan fingerprint density at radius 3 is 2.46 bits per heavy atom. The minimum Gasteiger partial charge on any atom is -0.497 e. The van der Waals surface area contributed by atoms with E-state index in [-0.39, 0.29) is 11.3 Å². The molecule has 2 aromatic rings. The molecule has 26 heavy (non-hydrogen) atoms. The summed E-state index contributed by atoms with van der Waals surface area (Å²) in [6.07, 6.45) is -3.51. The number of nitrogens with one attached hydrogen (secondary N) is 1. The molecule has 0 fully saturated rings. The number of nitriles is 1. The highest BCUT2D eigenvalue weighted by atomic mass is 19.4. The number of Topliss-reactive ketones (excluding diaryl/α,β-unsaturated/α-hetero) is 1. The summed E-state index contributed by atoms with van der Waals surface area (Å²) in [6, 6.07) is 7.72. The summed E-state index contributed by atoms with van der Waals surface area (Å²) < 4.78 is 42.3. The van der Waals surface area contributed by atoms with Gasteiger partial charge in [0.05, 0.1) is 18.7 Å². The van der Waals surface area contributed by atoms with Gasteiger partial charge in [0, 0.05) is 24.1 Å². The van der Waals surface area contributed by atoms with Crippen molar-refractivity contribution >= 4 is 17.4 Å². The van der Waals surface area contributed by atoms with Gasteiger partial charge in [-0.25, -0.2) is 9.97 Å². The lowest BCUT2D eigenvalue weighted by Crippen LogP contribution is -2.29. The number of carbonyl (C=O) groups is 2. The molecule has 1 amide bonds. The summed E-state index contributed by atoms with van der Waals surface area (Å²) in [5, 5.41) is 11.5. The highest BCUT2D eigenvalue weighted by Gasteiger charge is 2.35. The number of ether oxygens (including phenoxy) is 1. The fraction of sp³-hybridized carbons (Fsp3) is 0.188. The second-order valence-electron chi connectivity index (χ2n) is 4.94. The number of methoxy groups -OCH3 is 1. The van der Waals surface area contributed by atoms with E-state index in [0.29, 0.717) is 18.1 Å². The van der Waals surface area contributed by atoms with E-state index >= 15 is 0 Å². The van der Waals surface area contributed by atoms with E-state index in [9.17, 15) is 22.8 Å². The Hall–Kier alpha value is -3.48. The number of hydrogen-bond donors (Lipinski definition) is 1. The first-order chi connectivity index (χ1) is 12.3. The van der Waals surface area contributed by atoms with Crippen molar-refractivity contribution < 1.29 is 27.5 Å². The number of halogens is 3. The zero-order chi connectivity index (χ0) is 19.3. The molecule has 1 atom stereocenters. The number of carbonyl (C=O) groups excluding carboxylic acids is 2. The van der Waals surface area contributed by atoms with Crippen LogP contribution in [0.4, 0.5) is 18.9 Å². The number of rotatable bonds is 5. The predicted molar refractivity (Wildman–Crippen MR) is 82.1 cm³/mol. The van der Waals surface area contributed by atoms with Crippen LogP contribution in [-0.4, -0.2) is 28.8 Å². The minimum atomic E-state index is -4.76. The number of aromatic nitrogens is 2. The summed E-state index contributed by atoms with van der Waals surface area (Å²) in [5.74, 6) is -4.71. The van der Waals surface area contributed by atoms with E-state index in [1.807, 2.05) is 0 Å². The zero-order valence-electron chi connectivity index (χ0n) is 13.2. The first-order valence-electron chi connectivity index (χ1n) is 7.04. The third kappa shape index (κ3) is 4.32. The maximum Gasteiger partial charge on any atom is 0.451 e. The lowest BCUT2D eigenvalue weighted by atomic mass is 10.00. The van der Waals surface area contributed by atoms with Crippen LogP contribution in [0.15, 0.2) is 36.7 Å². The molecule has 0 aliphatic carbocycles. The van der Waals surface area contributed by atoms with Crippen LogP contribution in [0.5, 0.6) is 5.75 Å². The summed E-state index contributed by atoms with van der Waals surface area (Å²) in [7, 11) is 1.42. The Bertz CT molecular complexity index is 860. The molecule has 7 nitrogen and oxygen atoms in total. The van der Waals surface area contributed by atoms with Gasteiger partial charge in [0.15, 0.2) is 11.7 Å². The first kappa shape index (κ1) is 18.9. The van der Waals surface area contributed by atoms with Crippen molar-refractivity contribution in [1.82, 2.24) is 9.97 Å². The van der Waals surface area contributed by atoms with Crippen molar-refractivity contribution in [2.24, 2.45) is 5.92 Å². The third-order valence-electron chi connectivity index (χ3n) is 3.18. The van der Waals surface area contributed by atoms with E-state index in [2.05, 4.69) is 15.3 Å². The van der Waals surface area contributed by atoms with Crippen LogP contribution >= 0.6 is 0 Å². The van der Waals surface area contributed by atoms with Crippen molar-refractivity contribution in [3.8, 4) is 11.8 Å². The molecule has 2 rings (SSSR count). The number of alkyl halides is 3. The van der Waals surface area contributed by atoms with Crippen molar-refractivity contribution in [2.45, 2.75) is 6.18 Å². The molecule has 0 radical (unpaired) electrons. The molecular formula is C16H11F3N4O3. The minimum absolute atomic E-state index is 0.283. The second kappa shape index (κ2) is 7.60. The van der Waals surface area contributed by atoms with Crippen molar-refractivity contribution in [3.63, 3.8) is 0 Å². The molecule has 0 spiro atoms. The second-order valence-corrected chi connectivity index (χ2v) is 4.94.